The van der Waals surface area contributed by atoms with Crippen molar-refractivity contribution in [2.45, 2.75) is 38.6 Å². The molecule has 2 rings (SSSR count). The molecule has 1 saturated heterocycles. The van der Waals surface area contributed by atoms with Gasteiger partial charge in [-0.25, -0.2) is 0 Å². The summed E-state index contributed by atoms with van der Waals surface area (Å²) in [6.07, 6.45) is -3.49. The predicted octanol–water partition coefficient (Wildman–Crippen LogP) is 3.31. The molecule has 0 aliphatic carbocycles. The maximum atomic E-state index is 12.8. The molecule has 120 valence electrons. The Balaban J connectivity index is 2.33. The third-order valence-electron chi connectivity index (χ3n) is 3.57. The minimum Gasteiger partial charge on any atom is -0.391 e. The predicted molar refractivity (Wildman–Crippen MR) is 76.0 cm³/mol. The Morgan fingerprint density at radius 3 is 2.64 bits per heavy atom. The Bertz CT molecular complexity index is 591. The third-order valence-corrected chi connectivity index (χ3v) is 3.57. The SMILES string of the molecule is CC(C)=CC(=O)N1C[C@H](O)C[C@@H]1c1cccc(C(F)(F)F)c1. The maximum Gasteiger partial charge on any atom is 0.416 e. The zero-order valence-corrected chi connectivity index (χ0v) is 12.4. The van der Waals surface area contributed by atoms with Crippen molar-refractivity contribution in [2.24, 2.45) is 0 Å². The zero-order valence-electron chi connectivity index (χ0n) is 12.4. The molecule has 1 aromatic rings. The summed E-state index contributed by atoms with van der Waals surface area (Å²) in [6, 6.07) is 4.39. The Hall–Kier alpha value is -1.82. The highest BCUT2D eigenvalue weighted by molar-refractivity contribution is 5.88. The monoisotopic (exact) mass is 313 g/mol. The van der Waals surface area contributed by atoms with E-state index in [1.54, 1.807) is 19.9 Å². The van der Waals surface area contributed by atoms with Gasteiger partial charge in [0.25, 0.3) is 0 Å². The first-order chi connectivity index (χ1) is 10.2. The minimum atomic E-state index is -4.43. The number of rotatable bonds is 2. The van der Waals surface area contributed by atoms with Gasteiger partial charge >= 0.3 is 6.18 Å². The van der Waals surface area contributed by atoms with Gasteiger partial charge in [0.2, 0.25) is 5.91 Å². The highest BCUT2D eigenvalue weighted by atomic mass is 19.4. The van der Waals surface area contributed by atoms with Gasteiger partial charge in [0.05, 0.1) is 17.7 Å². The standard InChI is InChI=1S/C16H18F3NO2/c1-10(2)6-15(22)20-9-13(21)8-14(20)11-4-3-5-12(7-11)16(17,18)19/h3-7,13-14,21H,8-9H2,1-2H3/t13-,14-/m1/s1. The summed E-state index contributed by atoms with van der Waals surface area (Å²) in [5, 5.41) is 9.81. The van der Waals surface area contributed by atoms with Crippen molar-refractivity contribution in [1.29, 1.82) is 0 Å². The number of amides is 1. The van der Waals surface area contributed by atoms with Gasteiger partial charge < -0.3 is 10.0 Å². The van der Waals surface area contributed by atoms with Crippen molar-refractivity contribution in [3.8, 4) is 0 Å². The van der Waals surface area contributed by atoms with E-state index in [0.29, 0.717) is 5.56 Å². The highest BCUT2D eigenvalue weighted by Gasteiger charge is 2.36. The topological polar surface area (TPSA) is 40.5 Å². The fraction of sp³-hybridized carbons (Fsp3) is 0.438. The minimum absolute atomic E-state index is 0.128. The molecule has 1 amide bonds. The smallest absolute Gasteiger partial charge is 0.391 e. The van der Waals surface area contributed by atoms with Gasteiger partial charge in [-0.2, -0.15) is 13.2 Å². The van der Waals surface area contributed by atoms with Crippen molar-refractivity contribution >= 4 is 5.91 Å². The molecule has 1 heterocycles. The number of hydrogen-bond donors (Lipinski definition) is 1. The second kappa shape index (κ2) is 6.12. The second-order valence-corrected chi connectivity index (χ2v) is 5.74. The van der Waals surface area contributed by atoms with Crippen LogP contribution < -0.4 is 0 Å². The summed E-state index contributed by atoms with van der Waals surface area (Å²) in [7, 11) is 0. The van der Waals surface area contributed by atoms with Crippen molar-refractivity contribution in [3.05, 3.63) is 47.0 Å². The van der Waals surface area contributed by atoms with E-state index in [2.05, 4.69) is 0 Å². The number of aliphatic hydroxyl groups excluding tert-OH is 1. The lowest BCUT2D eigenvalue weighted by Crippen LogP contribution is -2.30. The molecule has 2 atom stereocenters. The number of alkyl halides is 3. The lowest BCUT2D eigenvalue weighted by Gasteiger charge is -2.24. The van der Waals surface area contributed by atoms with Crippen LogP contribution in [0.1, 0.15) is 37.4 Å². The van der Waals surface area contributed by atoms with Crippen LogP contribution in [0, 0.1) is 0 Å². The summed E-state index contributed by atoms with van der Waals surface area (Å²) in [4.78, 5) is 13.6. The normalized spacial score (nSPS) is 21.8. The zero-order chi connectivity index (χ0) is 16.5. The van der Waals surface area contributed by atoms with Gasteiger partial charge in [-0.05, 0) is 38.0 Å². The Morgan fingerprint density at radius 2 is 2.05 bits per heavy atom. The van der Waals surface area contributed by atoms with Crippen molar-refractivity contribution < 1.29 is 23.1 Å². The molecular formula is C16H18F3NO2. The van der Waals surface area contributed by atoms with Crippen molar-refractivity contribution in [1.82, 2.24) is 4.90 Å². The number of carbonyl (C=O) groups is 1. The van der Waals surface area contributed by atoms with Crippen LogP contribution in [0.5, 0.6) is 0 Å². The van der Waals surface area contributed by atoms with Gasteiger partial charge in [0.1, 0.15) is 0 Å². The Kier molecular flexibility index (Phi) is 4.60. The average Bonchev–Trinajstić information content (AvgIpc) is 2.79. The average molecular weight is 313 g/mol. The first kappa shape index (κ1) is 16.5. The maximum absolute atomic E-state index is 12.8. The van der Waals surface area contributed by atoms with Gasteiger partial charge in [-0.3, -0.25) is 4.79 Å². The third kappa shape index (κ3) is 3.68. The molecule has 0 radical (unpaired) electrons. The molecule has 1 aromatic carbocycles. The molecule has 1 N–H and O–H groups in total. The number of carbonyl (C=O) groups excluding carboxylic acids is 1. The number of β-amino-alcohol motifs (C(OH)–C–C–N with tert-alkyl or cyclic N) is 1. The number of likely N-dealkylation sites (tertiary alicyclic amines) is 1. The fourth-order valence-electron chi connectivity index (χ4n) is 2.63. The quantitative estimate of drug-likeness (QED) is 0.851. The van der Waals surface area contributed by atoms with E-state index < -0.39 is 23.9 Å². The molecular weight excluding hydrogens is 295 g/mol. The van der Waals surface area contributed by atoms with E-state index in [-0.39, 0.29) is 18.9 Å². The van der Waals surface area contributed by atoms with E-state index in [0.717, 1.165) is 17.7 Å². The lowest BCUT2D eigenvalue weighted by molar-refractivity contribution is -0.137. The van der Waals surface area contributed by atoms with Gasteiger partial charge in [0.15, 0.2) is 0 Å². The van der Waals surface area contributed by atoms with Crippen LogP contribution in [-0.4, -0.2) is 28.6 Å². The molecule has 1 aliphatic rings. The molecule has 0 unspecified atom stereocenters. The molecule has 22 heavy (non-hydrogen) atoms. The van der Waals surface area contributed by atoms with Crippen LogP contribution >= 0.6 is 0 Å². The highest BCUT2D eigenvalue weighted by Crippen LogP contribution is 2.36. The van der Waals surface area contributed by atoms with Crippen molar-refractivity contribution in [2.75, 3.05) is 6.54 Å². The van der Waals surface area contributed by atoms with Crippen LogP contribution in [0.4, 0.5) is 13.2 Å². The molecule has 1 fully saturated rings. The summed E-state index contributed by atoms with van der Waals surface area (Å²) < 4.78 is 38.5. The van der Waals surface area contributed by atoms with Gasteiger partial charge in [0, 0.05) is 12.6 Å². The van der Waals surface area contributed by atoms with E-state index in [1.807, 2.05) is 0 Å². The van der Waals surface area contributed by atoms with Crippen LogP contribution in [0.3, 0.4) is 0 Å². The second-order valence-electron chi connectivity index (χ2n) is 5.74. The Labute approximate surface area is 127 Å². The first-order valence-electron chi connectivity index (χ1n) is 6.99. The Morgan fingerprint density at radius 1 is 1.36 bits per heavy atom. The molecule has 0 spiro atoms. The largest absolute Gasteiger partial charge is 0.416 e. The number of halogens is 3. The van der Waals surface area contributed by atoms with E-state index in [4.69, 9.17) is 0 Å². The molecule has 0 bridgehead atoms. The molecule has 1 aliphatic heterocycles. The number of hydrogen-bond acceptors (Lipinski definition) is 2. The number of nitrogens with zero attached hydrogens (tertiary/aromatic N) is 1. The van der Waals surface area contributed by atoms with Crippen LogP contribution in [0.2, 0.25) is 0 Å². The van der Waals surface area contributed by atoms with Crippen LogP contribution in [-0.2, 0) is 11.0 Å². The molecule has 0 aromatic heterocycles. The van der Waals surface area contributed by atoms with Gasteiger partial charge in [-0.15, -0.1) is 0 Å². The molecule has 3 nitrogen and oxygen atoms in total. The molecule has 6 heteroatoms. The lowest BCUT2D eigenvalue weighted by atomic mass is 10.0. The van der Waals surface area contributed by atoms with Crippen molar-refractivity contribution in [3.63, 3.8) is 0 Å². The first-order valence-corrected chi connectivity index (χ1v) is 6.99. The molecule has 0 saturated carbocycles. The number of allylic oxidation sites excluding steroid dienone is 1. The van der Waals surface area contributed by atoms with E-state index in [1.165, 1.54) is 17.0 Å². The fourth-order valence-corrected chi connectivity index (χ4v) is 2.63. The van der Waals surface area contributed by atoms with Crippen LogP contribution in [0.15, 0.2) is 35.9 Å². The van der Waals surface area contributed by atoms with Gasteiger partial charge in [-0.1, -0.05) is 17.7 Å². The summed E-state index contributed by atoms with van der Waals surface area (Å²) >= 11 is 0. The van der Waals surface area contributed by atoms with Crippen LogP contribution in [0.25, 0.3) is 0 Å². The number of aliphatic hydroxyl groups is 1. The summed E-state index contributed by atoms with van der Waals surface area (Å²) in [5.74, 6) is -0.293. The number of benzene rings is 1. The van der Waals surface area contributed by atoms with E-state index in [9.17, 15) is 23.1 Å². The summed E-state index contributed by atoms with van der Waals surface area (Å²) in [6.45, 7) is 3.66. The van der Waals surface area contributed by atoms with E-state index >= 15 is 0 Å². The summed E-state index contributed by atoms with van der Waals surface area (Å²) in [5.41, 5.74) is 0.442.